The van der Waals surface area contributed by atoms with Crippen molar-refractivity contribution >= 4 is 57.8 Å². The number of halogens is 2. The summed E-state index contributed by atoms with van der Waals surface area (Å²) in [6, 6.07) is 13.6. The van der Waals surface area contributed by atoms with E-state index in [1.54, 1.807) is 6.07 Å². The van der Waals surface area contributed by atoms with E-state index in [9.17, 15) is 4.79 Å². The predicted octanol–water partition coefficient (Wildman–Crippen LogP) is 6.91. The molecule has 0 atom stereocenters. The van der Waals surface area contributed by atoms with E-state index in [4.69, 9.17) is 23.2 Å². The lowest BCUT2D eigenvalue weighted by Crippen LogP contribution is -2.19. The molecule has 31 heavy (non-hydrogen) atoms. The Morgan fingerprint density at radius 3 is 2.42 bits per heavy atom. The van der Waals surface area contributed by atoms with E-state index in [1.165, 1.54) is 11.8 Å². The first-order chi connectivity index (χ1) is 14.7. The minimum absolute atomic E-state index is 0.148. The van der Waals surface area contributed by atoms with E-state index >= 15 is 0 Å². The second-order valence-electron chi connectivity index (χ2n) is 7.56. The van der Waals surface area contributed by atoms with Gasteiger partial charge in [-0.1, -0.05) is 35.3 Å². The van der Waals surface area contributed by atoms with Gasteiger partial charge >= 0.3 is 0 Å². The van der Waals surface area contributed by atoms with Crippen molar-refractivity contribution in [3.63, 3.8) is 0 Å². The number of amidine groups is 1. The lowest BCUT2D eigenvalue weighted by atomic mass is 10.1. The van der Waals surface area contributed by atoms with Gasteiger partial charge in [0.15, 0.2) is 5.17 Å². The molecule has 1 N–H and O–H groups in total. The molecule has 4 nitrogen and oxygen atoms in total. The minimum atomic E-state index is -0.148. The van der Waals surface area contributed by atoms with Crippen molar-refractivity contribution in [2.24, 2.45) is 4.99 Å². The molecule has 4 rings (SSSR count). The molecule has 0 saturated carbocycles. The molecule has 1 aromatic heterocycles. The zero-order chi connectivity index (χ0) is 22.3. The number of rotatable bonds is 3. The van der Waals surface area contributed by atoms with Crippen molar-refractivity contribution in [2.45, 2.75) is 27.7 Å². The normalized spacial score (nSPS) is 16.4. The van der Waals surface area contributed by atoms with Crippen molar-refractivity contribution in [1.82, 2.24) is 9.88 Å². The first kappa shape index (κ1) is 21.8. The second kappa shape index (κ2) is 8.58. The van der Waals surface area contributed by atoms with Gasteiger partial charge in [0.05, 0.1) is 10.6 Å². The van der Waals surface area contributed by atoms with Crippen LogP contribution in [0.25, 0.3) is 11.8 Å². The van der Waals surface area contributed by atoms with Gasteiger partial charge < -0.3 is 9.88 Å². The van der Waals surface area contributed by atoms with Gasteiger partial charge in [0.25, 0.3) is 5.91 Å². The number of hydrogen-bond donors (Lipinski definition) is 1. The average molecular weight is 470 g/mol. The van der Waals surface area contributed by atoms with E-state index in [0.717, 1.165) is 39.5 Å². The summed E-state index contributed by atoms with van der Waals surface area (Å²) in [5.41, 5.74) is 6.92. The van der Waals surface area contributed by atoms with E-state index in [1.807, 2.05) is 70.2 Å². The Balaban J connectivity index is 1.67. The Labute approximate surface area is 196 Å². The summed E-state index contributed by atoms with van der Waals surface area (Å²) in [4.78, 5) is 17.8. The maximum Gasteiger partial charge on any atom is 0.264 e. The highest BCUT2D eigenvalue weighted by molar-refractivity contribution is 8.18. The molecule has 2 heterocycles. The number of carbonyl (C=O) groups is 1. The predicted molar refractivity (Wildman–Crippen MR) is 132 cm³/mol. The molecule has 158 valence electrons. The van der Waals surface area contributed by atoms with Gasteiger partial charge in [-0.25, -0.2) is 4.99 Å². The highest BCUT2D eigenvalue weighted by Crippen LogP contribution is 2.32. The van der Waals surface area contributed by atoms with Gasteiger partial charge in [-0.2, -0.15) is 0 Å². The number of benzene rings is 2. The number of aromatic nitrogens is 1. The number of nitrogens with zero attached hydrogens (tertiary/aromatic N) is 2. The molecule has 1 aliphatic rings. The van der Waals surface area contributed by atoms with Crippen molar-refractivity contribution in [2.75, 3.05) is 0 Å². The van der Waals surface area contributed by atoms with Crippen LogP contribution in [0, 0.1) is 27.7 Å². The van der Waals surface area contributed by atoms with Crippen LogP contribution in [0.1, 0.15) is 28.1 Å². The van der Waals surface area contributed by atoms with E-state index in [-0.39, 0.29) is 5.91 Å². The zero-order valence-electron chi connectivity index (χ0n) is 17.6. The molecule has 0 aliphatic carbocycles. The topological polar surface area (TPSA) is 46.4 Å². The van der Waals surface area contributed by atoms with Crippen LogP contribution in [0.15, 0.2) is 52.4 Å². The Morgan fingerprint density at radius 1 is 1.00 bits per heavy atom. The monoisotopic (exact) mass is 469 g/mol. The Kier molecular flexibility index (Phi) is 6.02. The van der Waals surface area contributed by atoms with Gasteiger partial charge in [-0.3, -0.25) is 4.79 Å². The molecule has 1 saturated heterocycles. The number of hydrogen-bond acceptors (Lipinski definition) is 3. The molecular formula is C24H21Cl2N3OS. The summed E-state index contributed by atoms with van der Waals surface area (Å²) in [6.07, 6.45) is 1.90. The molecule has 1 fully saturated rings. The summed E-state index contributed by atoms with van der Waals surface area (Å²) in [5.74, 6) is -0.148. The average Bonchev–Trinajstić information content (AvgIpc) is 3.16. The summed E-state index contributed by atoms with van der Waals surface area (Å²) in [6.45, 7) is 8.06. The largest absolute Gasteiger partial charge is 0.318 e. The number of carbonyl (C=O) groups excluding carboxylic acids is 1. The number of amides is 1. The fraction of sp³-hybridized carbons (Fsp3) is 0.167. The first-order valence-electron chi connectivity index (χ1n) is 9.73. The second-order valence-corrected chi connectivity index (χ2v) is 9.46. The molecule has 7 heteroatoms. The Bertz CT molecular complexity index is 1250. The summed E-state index contributed by atoms with van der Waals surface area (Å²) in [7, 11) is 0. The third-order valence-corrected chi connectivity index (χ3v) is 6.45. The van der Waals surface area contributed by atoms with Crippen LogP contribution < -0.4 is 5.32 Å². The molecule has 0 radical (unpaired) electrons. The highest BCUT2D eigenvalue weighted by Gasteiger charge is 2.25. The molecule has 0 bridgehead atoms. The maximum absolute atomic E-state index is 12.6. The number of thioether (sulfide) groups is 1. The van der Waals surface area contributed by atoms with Crippen molar-refractivity contribution < 1.29 is 4.79 Å². The van der Waals surface area contributed by atoms with Crippen LogP contribution in [-0.4, -0.2) is 15.6 Å². The smallest absolute Gasteiger partial charge is 0.264 e. The fourth-order valence-corrected chi connectivity index (χ4v) is 4.91. The maximum atomic E-state index is 12.6. The molecule has 2 aromatic carbocycles. The van der Waals surface area contributed by atoms with Crippen molar-refractivity contribution in [1.29, 1.82) is 0 Å². The number of aliphatic imine (C=N–C) groups is 1. The van der Waals surface area contributed by atoms with Gasteiger partial charge in [0, 0.05) is 27.1 Å². The molecule has 1 amide bonds. The van der Waals surface area contributed by atoms with Crippen LogP contribution in [0.4, 0.5) is 5.69 Å². The Hall–Kier alpha value is -2.47. The van der Waals surface area contributed by atoms with E-state index in [0.29, 0.717) is 20.1 Å². The number of nitrogens with one attached hydrogen (secondary N) is 1. The molecule has 0 unspecified atom stereocenters. The summed E-state index contributed by atoms with van der Waals surface area (Å²) in [5, 5.41) is 4.61. The highest BCUT2D eigenvalue weighted by atomic mass is 35.5. The molecule has 1 aliphatic heterocycles. The van der Waals surface area contributed by atoms with Gasteiger partial charge in [-0.05, 0) is 92.6 Å². The molecule has 0 spiro atoms. The third-order valence-electron chi connectivity index (χ3n) is 5.10. The summed E-state index contributed by atoms with van der Waals surface area (Å²) < 4.78 is 2.08. The van der Waals surface area contributed by atoms with E-state index < -0.39 is 0 Å². The molecular weight excluding hydrogens is 449 g/mol. The van der Waals surface area contributed by atoms with Gasteiger partial charge in [0.1, 0.15) is 0 Å². The van der Waals surface area contributed by atoms with Gasteiger partial charge in [0.2, 0.25) is 0 Å². The summed E-state index contributed by atoms with van der Waals surface area (Å²) >= 11 is 13.7. The fourth-order valence-electron chi connectivity index (χ4n) is 3.57. The SMILES string of the molecule is Cc1ccc(C)c(N=C2NC(=O)C(=Cc3cc(C)n(-c4cc(Cl)cc(Cl)c4)c3C)S2)c1. The minimum Gasteiger partial charge on any atom is -0.318 e. The standard InChI is InChI=1S/C24H21Cl2N3OS/c1-13-5-6-14(2)21(7-13)27-24-28-23(30)22(31-24)9-17-8-15(3)29(16(17)4)20-11-18(25)10-19(26)12-20/h5-12H,1-4H3,(H,27,28,30). The quantitative estimate of drug-likeness (QED) is 0.423. The zero-order valence-corrected chi connectivity index (χ0v) is 19.9. The lowest BCUT2D eigenvalue weighted by Gasteiger charge is -2.10. The van der Waals surface area contributed by atoms with Crippen LogP contribution in [0.5, 0.6) is 0 Å². The first-order valence-corrected chi connectivity index (χ1v) is 11.3. The number of aryl methyl sites for hydroxylation is 3. The van der Waals surface area contributed by atoms with Crippen LogP contribution in [-0.2, 0) is 4.79 Å². The molecule has 3 aromatic rings. The lowest BCUT2D eigenvalue weighted by molar-refractivity contribution is -0.115. The van der Waals surface area contributed by atoms with Crippen LogP contribution in [0.3, 0.4) is 0 Å². The van der Waals surface area contributed by atoms with Crippen molar-refractivity contribution in [3.05, 3.63) is 85.5 Å². The van der Waals surface area contributed by atoms with E-state index in [2.05, 4.69) is 14.9 Å². The van der Waals surface area contributed by atoms with Gasteiger partial charge in [-0.15, -0.1) is 0 Å². The Morgan fingerprint density at radius 2 is 1.71 bits per heavy atom. The van der Waals surface area contributed by atoms with Crippen molar-refractivity contribution in [3.8, 4) is 5.69 Å². The third kappa shape index (κ3) is 4.59. The van der Waals surface area contributed by atoms with Crippen LogP contribution >= 0.6 is 35.0 Å². The van der Waals surface area contributed by atoms with Crippen LogP contribution in [0.2, 0.25) is 10.0 Å².